The second-order valence-electron chi connectivity index (χ2n) is 5.37. The molecular weight excluding hydrogens is 410 g/mol. The van der Waals surface area contributed by atoms with Crippen molar-refractivity contribution in [1.29, 1.82) is 0 Å². The molecule has 0 aliphatic heterocycles. The van der Waals surface area contributed by atoms with Crippen molar-refractivity contribution in [3.8, 4) is 0 Å². The summed E-state index contributed by atoms with van der Waals surface area (Å²) in [7, 11) is 2.84. The van der Waals surface area contributed by atoms with Crippen LogP contribution in [0.2, 0.25) is 0 Å². The SMILES string of the molecule is CCOC(=O)CNc1nc(SC)nc2c1c(NC(=O)CCl)c(C(=O)OC)n2C. The third-order valence-electron chi connectivity index (χ3n) is 3.66. The van der Waals surface area contributed by atoms with Crippen molar-refractivity contribution in [2.24, 2.45) is 7.05 Å². The van der Waals surface area contributed by atoms with Gasteiger partial charge in [0.25, 0.3) is 0 Å². The average molecular weight is 430 g/mol. The minimum atomic E-state index is -0.674. The molecular formula is C16H20ClN5O5S. The number of thioether (sulfide) groups is 1. The van der Waals surface area contributed by atoms with E-state index in [1.165, 1.54) is 23.4 Å². The first kappa shape index (κ1) is 21.8. The molecule has 2 aromatic rings. The molecule has 0 saturated carbocycles. The van der Waals surface area contributed by atoms with E-state index in [9.17, 15) is 14.4 Å². The Bertz CT molecular complexity index is 917. The zero-order chi connectivity index (χ0) is 20.8. The van der Waals surface area contributed by atoms with Gasteiger partial charge in [0, 0.05) is 7.05 Å². The topological polar surface area (TPSA) is 124 Å². The maximum atomic E-state index is 12.3. The van der Waals surface area contributed by atoms with E-state index in [4.69, 9.17) is 21.1 Å². The number of aryl methyl sites for hydroxylation is 1. The van der Waals surface area contributed by atoms with Crippen LogP contribution in [0.5, 0.6) is 0 Å². The molecule has 0 atom stereocenters. The molecule has 0 radical (unpaired) electrons. The van der Waals surface area contributed by atoms with Crippen LogP contribution in [-0.4, -0.2) is 64.8 Å². The summed E-state index contributed by atoms with van der Waals surface area (Å²) in [6.45, 7) is 1.79. The van der Waals surface area contributed by atoms with Gasteiger partial charge in [0.1, 0.15) is 23.9 Å². The summed E-state index contributed by atoms with van der Waals surface area (Å²) in [5.74, 6) is -1.72. The first-order valence-corrected chi connectivity index (χ1v) is 9.91. The summed E-state index contributed by atoms with van der Waals surface area (Å²) in [5.41, 5.74) is 0.590. The lowest BCUT2D eigenvalue weighted by Crippen LogP contribution is -2.19. The number of amides is 1. The van der Waals surface area contributed by atoms with Crippen molar-refractivity contribution < 1.29 is 23.9 Å². The summed E-state index contributed by atoms with van der Waals surface area (Å²) in [6, 6.07) is 0. The number of rotatable bonds is 8. The second-order valence-corrected chi connectivity index (χ2v) is 6.41. The molecule has 0 aliphatic rings. The van der Waals surface area contributed by atoms with Crippen LogP contribution in [0.15, 0.2) is 5.16 Å². The van der Waals surface area contributed by atoms with E-state index in [0.717, 1.165) is 0 Å². The smallest absolute Gasteiger partial charge is 0.356 e. The fourth-order valence-corrected chi connectivity index (χ4v) is 2.94. The molecule has 2 aromatic heterocycles. The van der Waals surface area contributed by atoms with Gasteiger partial charge in [-0.3, -0.25) is 9.59 Å². The van der Waals surface area contributed by atoms with Gasteiger partial charge in [-0.25, -0.2) is 14.8 Å². The second kappa shape index (κ2) is 9.60. The molecule has 2 rings (SSSR count). The maximum Gasteiger partial charge on any atom is 0.356 e. The van der Waals surface area contributed by atoms with Gasteiger partial charge < -0.3 is 24.7 Å². The molecule has 10 nitrogen and oxygen atoms in total. The highest BCUT2D eigenvalue weighted by Crippen LogP contribution is 2.35. The average Bonchev–Trinajstić information content (AvgIpc) is 2.97. The molecule has 2 N–H and O–H groups in total. The number of ether oxygens (including phenoxy) is 2. The zero-order valence-corrected chi connectivity index (χ0v) is 17.4. The Hall–Kier alpha value is -2.53. The monoisotopic (exact) mass is 429 g/mol. The van der Waals surface area contributed by atoms with Crippen molar-refractivity contribution in [2.45, 2.75) is 12.1 Å². The Morgan fingerprint density at radius 3 is 2.57 bits per heavy atom. The van der Waals surface area contributed by atoms with E-state index in [2.05, 4.69) is 20.6 Å². The summed E-state index contributed by atoms with van der Waals surface area (Å²) in [6.07, 6.45) is 1.79. The number of nitrogens with zero attached hydrogens (tertiary/aromatic N) is 3. The molecule has 0 saturated heterocycles. The lowest BCUT2D eigenvalue weighted by atomic mass is 10.2. The van der Waals surface area contributed by atoms with Gasteiger partial charge in [-0.05, 0) is 13.2 Å². The summed E-state index contributed by atoms with van der Waals surface area (Å²) < 4.78 is 11.2. The van der Waals surface area contributed by atoms with Crippen LogP contribution in [0.1, 0.15) is 17.4 Å². The quantitative estimate of drug-likeness (QED) is 0.278. The third kappa shape index (κ3) is 4.47. The fraction of sp³-hybridized carbons (Fsp3) is 0.438. The Balaban J connectivity index is 2.70. The van der Waals surface area contributed by atoms with Crippen molar-refractivity contribution in [3.63, 3.8) is 0 Å². The molecule has 28 heavy (non-hydrogen) atoms. The largest absolute Gasteiger partial charge is 0.465 e. The van der Waals surface area contributed by atoms with E-state index >= 15 is 0 Å². The highest BCUT2D eigenvalue weighted by molar-refractivity contribution is 7.98. The number of carbonyl (C=O) groups is 3. The Labute approximate surface area is 170 Å². The zero-order valence-electron chi connectivity index (χ0n) is 15.8. The van der Waals surface area contributed by atoms with Gasteiger partial charge >= 0.3 is 11.9 Å². The first-order chi connectivity index (χ1) is 13.4. The number of esters is 2. The summed E-state index contributed by atoms with van der Waals surface area (Å²) >= 11 is 6.89. The molecule has 2 heterocycles. The van der Waals surface area contributed by atoms with Crippen LogP contribution < -0.4 is 10.6 Å². The minimum absolute atomic E-state index is 0.0719. The van der Waals surface area contributed by atoms with Gasteiger partial charge in [-0.2, -0.15) is 0 Å². The van der Waals surface area contributed by atoms with Crippen LogP contribution in [0.25, 0.3) is 11.0 Å². The van der Waals surface area contributed by atoms with Crippen LogP contribution in [-0.2, 0) is 26.1 Å². The lowest BCUT2D eigenvalue weighted by Gasteiger charge is -2.10. The summed E-state index contributed by atoms with van der Waals surface area (Å²) in [4.78, 5) is 44.8. The predicted molar refractivity (Wildman–Crippen MR) is 106 cm³/mol. The van der Waals surface area contributed by atoms with Gasteiger partial charge in [0.15, 0.2) is 10.9 Å². The fourth-order valence-electron chi connectivity index (χ4n) is 2.51. The number of halogens is 1. The van der Waals surface area contributed by atoms with Crippen LogP contribution in [0.4, 0.5) is 11.5 Å². The lowest BCUT2D eigenvalue weighted by molar-refractivity contribution is -0.140. The molecule has 0 spiro atoms. The van der Waals surface area contributed by atoms with E-state index in [0.29, 0.717) is 16.2 Å². The Morgan fingerprint density at radius 2 is 2.00 bits per heavy atom. The highest BCUT2D eigenvalue weighted by atomic mass is 35.5. The number of hydrogen-bond donors (Lipinski definition) is 2. The van der Waals surface area contributed by atoms with Gasteiger partial charge in [0.2, 0.25) is 5.91 Å². The predicted octanol–water partition coefficient (Wildman–Crippen LogP) is 1.63. The molecule has 1 amide bonds. The number of carbonyl (C=O) groups excluding carboxylic acids is 3. The maximum absolute atomic E-state index is 12.3. The number of anilines is 2. The molecule has 0 aliphatic carbocycles. The van der Waals surface area contributed by atoms with E-state index < -0.39 is 17.8 Å². The Kier molecular flexibility index (Phi) is 7.46. The Morgan fingerprint density at radius 1 is 1.29 bits per heavy atom. The van der Waals surface area contributed by atoms with Crippen molar-refractivity contribution in [3.05, 3.63) is 5.69 Å². The highest BCUT2D eigenvalue weighted by Gasteiger charge is 2.27. The molecule has 0 aromatic carbocycles. The standard InChI is InChI=1S/C16H20ClN5O5S/c1-5-27-9(24)7-18-13-10-11(19-8(23)6-17)12(15(25)26-3)22(2)14(10)21-16(20-13)28-4/h5-7H2,1-4H3,(H,19,23)(H,18,20,21). The normalized spacial score (nSPS) is 10.6. The number of alkyl halides is 1. The number of aromatic nitrogens is 3. The van der Waals surface area contributed by atoms with E-state index in [-0.39, 0.29) is 36.2 Å². The van der Waals surface area contributed by atoms with E-state index in [1.54, 1.807) is 20.2 Å². The minimum Gasteiger partial charge on any atom is -0.465 e. The van der Waals surface area contributed by atoms with Gasteiger partial charge in [-0.1, -0.05) is 11.8 Å². The first-order valence-electron chi connectivity index (χ1n) is 8.15. The van der Waals surface area contributed by atoms with Crippen molar-refractivity contribution >= 4 is 63.7 Å². The van der Waals surface area contributed by atoms with Crippen LogP contribution in [0, 0.1) is 0 Å². The third-order valence-corrected chi connectivity index (χ3v) is 4.45. The van der Waals surface area contributed by atoms with Gasteiger partial charge in [0.05, 0.1) is 24.8 Å². The van der Waals surface area contributed by atoms with E-state index in [1.807, 2.05) is 0 Å². The van der Waals surface area contributed by atoms with Gasteiger partial charge in [-0.15, -0.1) is 11.6 Å². The molecule has 152 valence electrons. The molecule has 0 fully saturated rings. The summed E-state index contributed by atoms with van der Waals surface area (Å²) in [5, 5.41) is 6.24. The molecule has 0 unspecified atom stereocenters. The van der Waals surface area contributed by atoms with Crippen molar-refractivity contribution in [1.82, 2.24) is 14.5 Å². The molecule has 12 heteroatoms. The van der Waals surface area contributed by atoms with Crippen LogP contribution in [0.3, 0.4) is 0 Å². The number of methoxy groups -OCH3 is 1. The molecule has 0 bridgehead atoms. The number of hydrogen-bond acceptors (Lipinski definition) is 9. The number of fused-ring (bicyclic) bond motifs is 1. The number of nitrogens with one attached hydrogen (secondary N) is 2. The van der Waals surface area contributed by atoms with Crippen molar-refractivity contribution in [2.75, 3.05) is 43.0 Å². The van der Waals surface area contributed by atoms with Crippen LogP contribution >= 0.6 is 23.4 Å².